The topological polar surface area (TPSA) is 73.9 Å². The zero-order valence-electron chi connectivity index (χ0n) is 18.7. The Balaban J connectivity index is 1.17. The minimum Gasteiger partial charge on any atom is -0.493 e. The van der Waals surface area contributed by atoms with Gasteiger partial charge in [0.1, 0.15) is 5.75 Å². The lowest BCUT2D eigenvalue weighted by Gasteiger charge is -2.34. The lowest BCUT2D eigenvalue weighted by molar-refractivity contribution is -0.117. The van der Waals surface area contributed by atoms with Gasteiger partial charge in [0.25, 0.3) is 0 Å². The molecule has 0 aromatic heterocycles. The van der Waals surface area contributed by atoms with Gasteiger partial charge in [-0.1, -0.05) is 43.3 Å². The lowest BCUT2D eigenvalue weighted by atomic mass is 9.97. The maximum atomic E-state index is 12.6. The summed E-state index contributed by atoms with van der Waals surface area (Å²) in [6.45, 7) is 6.27. The number of ether oxygens (including phenoxy) is 1. The summed E-state index contributed by atoms with van der Waals surface area (Å²) in [5.74, 6) is 1.22. The number of benzene rings is 2. The minimum absolute atomic E-state index is 0.0126. The zero-order valence-corrected chi connectivity index (χ0v) is 18.7. The molecule has 4 rings (SSSR count). The SMILES string of the molecule is CCc1ccccc1NC(=O)CN1CCN(C(=O)NCC2COc3ccccc3C2)CC1. The first-order valence-electron chi connectivity index (χ1n) is 11.5. The lowest BCUT2D eigenvalue weighted by Crippen LogP contribution is -2.53. The monoisotopic (exact) mass is 436 g/mol. The standard InChI is InChI=1S/C25H32N4O3/c1-2-20-7-3-5-9-22(20)27-24(30)17-28-11-13-29(14-12-28)25(31)26-16-19-15-21-8-4-6-10-23(21)32-18-19/h3-10,19H,2,11-18H2,1H3,(H,26,31)(H,27,30). The first-order valence-corrected chi connectivity index (χ1v) is 11.5. The van der Waals surface area contributed by atoms with E-state index in [0.29, 0.717) is 45.9 Å². The van der Waals surface area contributed by atoms with E-state index in [9.17, 15) is 9.59 Å². The van der Waals surface area contributed by atoms with Crippen molar-refractivity contribution in [2.75, 3.05) is 51.2 Å². The molecule has 7 heteroatoms. The molecule has 2 aliphatic rings. The average molecular weight is 437 g/mol. The van der Waals surface area contributed by atoms with Gasteiger partial charge in [0.2, 0.25) is 5.91 Å². The van der Waals surface area contributed by atoms with E-state index in [1.165, 1.54) is 5.56 Å². The third-order valence-electron chi connectivity index (χ3n) is 6.20. The maximum absolute atomic E-state index is 12.6. The molecular weight excluding hydrogens is 404 g/mol. The van der Waals surface area contributed by atoms with Crippen LogP contribution in [0.15, 0.2) is 48.5 Å². The van der Waals surface area contributed by atoms with Crippen molar-refractivity contribution in [3.05, 3.63) is 59.7 Å². The van der Waals surface area contributed by atoms with Gasteiger partial charge >= 0.3 is 6.03 Å². The van der Waals surface area contributed by atoms with Crippen LogP contribution in [0.2, 0.25) is 0 Å². The summed E-state index contributed by atoms with van der Waals surface area (Å²) in [6.07, 6.45) is 1.80. The Morgan fingerprint density at radius 1 is 1.03 bits per heavy atom. The zero-order chi connectivity index (χ0) is 22.3. The van der Waals surface area contributed by atoms with Crippen molar-refractivity contribution in [3.8, 4) is 5.75 Å². The number of hydrogen-bond donors (Lipinski definition) is 2. The fourth-order valence-corrected chi connectivity index (χ4v) is 4.32. The van der Waals surface area contributed by atoms with Gasteiger partial charge in [0.15, 0.2) is 0 Å². The summed E-state index contributed by atoms with van der Waals surface area (Å²) in [4.78, 5) is 29.0. The number of nitrogens with one attached hydrogen (secondary N) is 2. The number of carbonyl (C=O) groups is 2. The Labute approximate surface area is 189 Å². The van der Waals surface area contributed by atoms with Gasteiger partial charge in [-0.15, -0.1) is 0 Å². The second-order valence-electron chi connectivity index (χ2n) is 8.50. The van der Waals surface area contributed by atoms with Crippen LogP contribution in [0.5, 0.6) is 5.75 Å². The first-order chi connectivity index (χ1) is 15.6. The van der Waals surface area contributed by atoms with Crippen molar-refractivity contribution < 1.29 is 14.3 Å². The van der Waals surface area contributed by atoms with Crippen molar-refractivity contribution in [3.63, 3.8) is 0 Å². The Bertz CT molecular complexity index is 940. The van der Waals surface area contributed by atoms with Gasteiger partial charge in [-0.05, 0) is 36.1 Å². The van der Waals surface area contributed by atoms with E-state index in [-0.39, 0.29) is 17.9 Å². The van der Waals surface area contributed by atoms with Crippen molar-refractivity contribution in [2.45, 2.75) is 19.8 Å². The molecule has 32 heavy (non-hydrogen) atoms. The maximum Gasteiger partial charge on any atom is 0.317 e. The van der Waals surface area contributed by atoms with Crippen molar-refractivity contribution in [1.82, 2.24) is 15.1 Å². The van der Waals surface area contributed by atoms with E-state index in [2.05, 4.69) is 28.5 Å². The molecule has 7 nitrogen and oxygen atoms in total. The van der Waals surface area contributed by atoms with E-state index >= 15 is 0 Å². The van der Waals surface area contributed by atoms with Crippen LogP contribution >= 0.6 is 0 Å². The number of aryl methyl sites for hydroxylation is 1. The number of para-hydroxylation sites is 2. The van der Waals surface area contributed by atoms with Crippen LogP contribution in [0, 0.1) is 5.92 Å². The number of hydrogen-bond acceptors (Lipinski definition) is 4. The second-order valence-corrected chi connectivity index (χ2v) is 8.50. The molecule has 0 bridgehead atoms. The van der Waals surface area contributed by atoms with Gasteiger partial charge in [-0.3, -0.25) is 9.69 Å². The van der Waals surface area contributed by atoms with Crippen LogP contribution in [0.4, 0.5) is 10.5 Å². The predicted octanol–water partition coefficient (Wildman–Crippen LogP) is 2.77. The molecule has 1 unspecified atom stereocenters. The summed E-state index contributed by atoms with van der Waals surface area (Å²) in [5.41, 5.74) is 3.22. The van der Waals surface area contributed by atoms with E-state index in [1.54, 1.807) is 0 Å². The molecule has 0 radical (unpaired) electrons. The Hall–Kier alpha value is -3.06. The predicted molar refractivity (Wildman–Crippen MR) is 125 cm³/mol. The van der Waals surface area contributed by atoms with E-state index in [0.717, 1.165) is 29.8 Å². The highest BCUT2D eigenvalue weighted by molar-refractivity contribution is 5.93. The third-order valence-corrected chi connectivity index (χ3v) is 6.20. The number of rotatable bonds is 6. The van der Waals surface area contributed by atoms with Crippen LogP contribution in [-0.4, -0.2) is 67.6 Å². The van der Waals surface area contributed by atoms with Gasteiger partial charge in [-0.25, -0.2) is 4.79 Å². The van der Waals surface area contributed by atoms with Crippen LogP contribution < -0.4 is 15.4 Å². The van der Waals surface area contributed by atoms with Crippen LogP contribution in [0.1, 0.15) is 18.1 Å². The molecule has 3 amide bonds. The molecular formula is C25H32N4O3. The van der Waals surface area contributed by atoms with Crippen LogP contribution in [0.3, 0.4) is 0 Å². The number of urea groups is 1. The molecule has 1 fully saturated rings. The van der Waals surface area contributed by atoms with E-state index < -0.39 is 0 Å². The molecule has 0 spiro atoms. The quantitative estimate of drug-likeness (QED) is 0.730. The molecule has 2 aliphatic heterocycles. The smallest absolute Gasteiger partial charge is 0.317 e. The average Bonchev–Trinajstić information content (AvgIpc) is 2.83. The highest BCUT2D eigenvalue weighted by atomic mass is 16.5. The number of nitrogens with zero attached hydrogens (tertiary/aromatic N) is 2. The fourth-order valence-electron chi connectivity index (χ4n) is 4.32. The van der Waals surface area contributed by atoms with Crippen LogP contribution in [-0.2, 0) is 17.6 Å². The van der Waals surface area contributed by atoms with Crippen molar-refractivity contribution in [2.24, 2.45) is 5.92 Å². The van der Waals surface area contributed by atoms with Gasteiger partial charge in [0, 0.05) is 44.3 Å². The normalized spacial score (nSPS) is 18.4. The summed E-state index contributed by atoms with van der Waals surface area (Å²) in [6, 6.07) is 15.9. The Morgan fingerprint density at radius 2 is 1.78 bits per heavy atom. The molecule has 0 aliphatic carbocycles. The molecule has 2 aromatic carbocycles. The number of amides is 3. The van der Waals surface area contributed by atoms with E-state index in [4.69, 9.17) is 4.74 Å². The highest BCUT2D eigenvalue weighted by Gasteiger charge is 2.24. The summed E-state index contributed by atoms with van der Waals surface area (Å²) >= 11 is 0. The van der Waals surface area contributed by atoms with Gasteiger partial charge in [0.05, 0.1) is 13.2 Å². The number of piperazine rings is 1. The Kier molecular flexibility index (Phi) is 7.27. The van der Waals surface area contributed by atoms with Crippen molar-refractivity contribution in [1.29, 1.82) is 0 Å². The number of anilines is 1. The molecule has 1 atom stereocenters. The summed E-state index contributed by atoms with van der Waals surface area (Å²) in [7, 11) is 0. The second kappa shape index (κ2) is 10.5. The molecule has 2 aromatic rings. The summed E-state index contributed by atoms with van der Waals surface area (Å²) < 4.78 is 5.81. The fraction of sp³-hybridized carbons (Fsp3) is 0.440. The van der Waals surface area contributed by atoms with Gasteiger partial charge in [-0.2, -0.15) is 0 Å². The highest BCUT2D eigenvalue weighted by Crippen LogP contribution is 2.26. The van der Waals surface area contributed by atoms with Crippen molar-refractivity contribution >= 4 is 17.6 Å². The molecule has 170 valence electrons. The molecule has 1 saturated heterocycles. The first kappa shape index (κ1) is 22.1. The third kappa shape index (κ3) is 5.59. The van der Waals surface area contributed by atoms with E-state index in [1.807, 2.05) is 47.4 Å². The number of carbonyl (C=O) groups excluding carboxylic acids is 2. The minimum atomic E-state index is -0.0372. The largest absolute Gasteiger partial charge is 0.493 e. The number of fused-ring (bicyclic) bond motifs is 1. The molecule has 0 saturated carbocycles. The summed E-state index contributed by atoms with van der Waals surface area (Å²) in [5, 5.41) is 6.08. The van der Waals surface area contributed by atoms with Gasteiger partial charge < -0.3 is 20.3 Å². The molecule has 2 N–H and O–H groups in total. The Morgan fingerprint density at radius 3 is 2.59 bits per heavy atom. The van der Waals surface area contributed by atoms with Crippen LogP contribution in [0.25, 0.3) is 0 Å². The molecule has 2 heterocycles.